The van der Waals surface area contributed by atoms with E-state index >= 15 is 0 Å². The molecule has 3 unspecified atom stereocenters. The first-order valence-electron chi connectivity index (χ1n) is 6.62. The number of nitrogens with two attached hydrogens (primary N) is 1. The van der Waals surface area contributed by atoms with Crippen LogP contribution in [0.4, 0.5) is 17.6 Å². The Morgan fingerprint density at radius 2 is 2.00 bits per heavy atom. The summed E-state index contributed by atoms with van der Waals surface area (Å²) in [5.74, 6) is 0.286. The molecule has 1 aromatic carbocycles. The molecule has 1 saturated carbocycles. The monoisotopic (exact) mass is 290 g/mol. The van der Waals surface area contributed by atoms with Crippen LogP contribution < -0.4 is 11.1 Å². The van der Waals surface area contributed by atoms with E-state index in [4.69, 9.17) is 5.73 Å². The van der Waals surface area contributed by atoms with Gasteiger partial charge in [-0.3, -0.25) is 0 Å². The molecule has 0 aromatic heterocycles. The van der Waals surface area contributed by atoms with E-state index < -0.39 is 23.6 Å². The Kier molecular flexibility index (Phi) is 4.34. The number of halogens is 4. The third-order valence-electron chi connectivity index (χ3n) is 3.79. The van der Waals surface area contributed by atoms with Crippen LogP contribution in [0.3, 0.4) is 0 Å². The zero-order valence-corrected chi connectivity index (χ0v) is 11.2. The van der Waals surface area contributed by atoms with Crippen molar-refractivity contribution in [1.82, 2.24) is 5.32 Å². The zero-order valence-electron chi connectivity index (χ0n) is 11.2. The quantitative estimate of drug-likeness (QED) is 0.818. The van der Waals surface area contributed by atoms with E-state index in [9.17, 15) is 17.6 Å². The van der Waals surface area contributed by atoms with Crippen molar-refractivity contribution in [2.24, 2.45) is 17.6 Å². The smallest absolute Gasteiger partial charge is 0.329 e. The molecule has 1 fully saturated rings. The Morgan fingerprint density at radius 1 is 1.35 bits per heavy atom. The first-order chi connectivity index (χ1) is 9.31. The molecule has 0 saturated heterocycles. The average molecular weight is 290 g/mol. The van der Waals surface area contributed by atoms with Crippen molar-refractivity contribution in [3.05, 3.63) is 35.1 Å². The van der Waals surface area contributed by atoms with Gasteiger partial charge in [-0.25, -0.2) is 4.39 Å². The summed E-state index contributed by atoms with van der Waals surface area (Å²) in [7, 11) is 0. The lowest BCUT2D eigenvalue weighted by Crippen LogP contribution is -2.30. The molecule has 0 bridgehead atoms. The number of rotatable bonds is 5. The highest BCUT2D eigenvalue weighted by molar-refractivity contribution is 5.29. The summed E-state index contributed by atoms with van der Waals surface area (Å²) in [6, 6.07) is 2.11. The van der Waals surface area contributed by atoms with Crippen LogP contribution in [0.15, 0.2) is 18.2 Å². The van der Waals surface area contributed by atoms with E-state index in [2.05, 4.69) is 12.2 Å². The van der Waals surface area contributed by atoms with Gasteiger partial charge >= 0.3 is 6.18 Å². The first kappa shape index (κ1) is 15.3. The summed E-state index contributed by atoms with van der Waals surface area (Å²) in [5.41, 5.74) is 4.85. The topological polar surface area (TPSA) is 38.0 Å². The lowest BCUT2D eigenvalue weighted by molar-refractivity contribution is -0.137. The molecule has 3 atom stereocenters. The fourth-order valence-corrected chi connectivity index (χ4v) is 2.29. The van der Waals surface area contributed by atoms with Crippen LogP contribution in [0.25, 0.3) is 0 Å². The highest BCUT2D eigenvalue weighted by atomic mass is 19.4. The normalized spacial score (nSPS) is 23.7. The van der Waals surface area contributed by atoms with Crippen LogP contribution in [0.2, 0.25) is 0 Å². The van der Waals surface area contributed by atoms with Gasteiger partial charge < -0.3 is 11.1 Å². The second-order valence-electron chi connectivity index (χ2n) is 5.44. The van der Waals surface area contributed by atoms with Crippen LogP contribution in [0.1, 0.15) is 30.5 Å². The van der Waals surface area contributed by atoms with E-state index in [1.165, 1.54) is 0 Å². The minimum absolute atomic E-state index is 0.127. The van der Waals surface area contributed by atoms with Gasteiger partial charge in [-0.05, 0) is 48.6 Å². The van der Waals surface area contributed by atoms with Crippen LogP contribution in [0.5, 0.6) is 0 Å². The molecule has 6 heteroatoms. The third kappa shape index (κ3) is 3.70. The molecule has 2 nitrogen and oxygen atoms in total. The third-order valence-corrected chi connectivity index (χ3v) is 3.79. The fourth-order valence-electron chi connectivity index (χ4n) is 2.29. The van der Waals surface area contributed by atoms with Gasteiger partial charge in [0.1, 0.15) is 5.82 Å². The summed E-state index contributed by atoms with van der Waals surface area (Å²) in [6.45, 7) is 2.94. The molecular weight excluding hydrogens is 272 g/mol. The molecule has 0 heterocycles. The van der Waals surface area contributed by atoms with E-state index in [-0.39, 0.29) is 12.1 Å². The molecule has 112 valence electrons. The predicted octanol–water partition coefficient (Wildman–Crippen LogP) is 3.09. The largest absolute Gasteiger partial charge is 0.416 e. The summed E-state index contributed by atoms with van der Waals surface area (Å²) in [5, 5.41) is 3.12. The SMILES string of the molecule is CC1CC1CNC(CN)c1cc(F)cc(C(F)(F)F)c1. The minimum atomic E-state index is -4.55. The van der Waals surface area contributed by atoms with Gasteiger partial charge in [-0.2, -0.15) is 13.2 Å². The molecule has 2 rings (SSSR count). The van der Waals surface area contributed by atoms with Crippen LogP contribution in [-0.2, 0) is 6.18 Å². The maximum Gasteiger partial charge on any atom is 0.416 e. The molecule has 0 radical (unpaired) electrons. The standard InChI is InChI=1S/C14H18F4N2/c1-8-2-10(8)7-20-13(6-19)9-3-11(14(16,17)18)5-12(15)4-9/h3-5,8,10,13,20H,2,6-7,19H2,1H3. The Labute approximate surface area is 115 Å². The van der Waals surface area contributed by atoms with Gasteiger partial charge in [0.05, 0.1) is 5.56 Å². The van der Waals surface area contributed by atoms with Gasteiger partial charge in [-0.15, -0.1) is 0 Å². The van der Waals surface area contributed by atoms with Crippen molar-refractivity contribution < 1.29 is 17.6 Å². The molecule has 1 aromatic rings. The average Bonchev–Trinajstić information content (AvgIpc) is 3.04. The van der Waals surface area contributed by atoms with E-state index in [0.29, 0.717) is 24.4 Å². The van der Waals surface area contributed by atoms with E-state index in [1.807, 2.05) is 0 Å². The highest BCUT2D eigenvalue weighted by Gasteiger charge is 2.34. The molecule has 20 heavy (non-hydrogen) atoms. The molecule has 1 aliphatic carbocycles. The molecule has 3 N–H and O–H groups in total. The van der Waals surface area contributed by atoms with Crippen molar-refractivity contribution >= 4 is 0 Å². The van der Waals surface area contributed by atoms with Gasteiger partial charge in [0.25, 0.3) is 0 Å². The summed E-state index contributed by atoms with van der Waals surface area (Å²) in [6.07, 6.45) is -3.44. The lowest BCUT2D eigenvalue weighted by atomic mass is 10.0. The summed E-state index contributed by atoms with van der Waals surface area (Å²) in [4.78, 5) is 0. The molecule has 0 spiro atoms. The number of benzene rings is 1. The van der Waals surface area contributed by atoms with Crippen molar-refractivity contribution in [3.63, 3.8) is 0 Å². The van der Waals surface area contributed by atoms with E-state index in [1.54, 1.807) is 0 Å². The van der Waals surface area contributed by atoms with Crippen molar-refractivity contribution in [2.45, 2.75) is 25.6 Å². The Balaban J connectivity index is 2.13. The predicted molar refractivity (Wildman–Crippen MR) is 68.5 cm³/mol. The van der Waals surface area contributed by atoms with Gasteiger partial charge in [0.2, 0.25) is 0 Å². The number of hydrogen-bond donors (Lipinski definition) is 2. The van der Waals surface area contributed by atoms with Crippen LogP contribution in [0, 0.1) is 17.7 Å². The van der Waals surface area contributed by atoms with Crippen LogP contribution in [-0.4, -0.2) is 13.1 Å². The maximum atomic E-state index is 13.4. The zero-order chi connectivity index (χ0) is 14.9. The Hall–Kier alpha value is -1.14. The number of alkyl halides is 3. The van der Waals surface area contributed by atoms with Gasteiger partial charge in [0, 0.05) is 12.6 Å². The summed E-state index contributed by atoms with van der Waals surface area (Å²) < 4.78 is 51.4. The van der Waals surface area contributed by atoms with Crippen molar-refractivity contribution in [3.8, 4) is 0 Å². The van der Waals surface area contributed by atoms with Crippen LogP contribution >= 0.6 is 0 Å². The maximum absolute atomic E-state index is 13.4. The fraction of sp³-hybridized carbons (Fsp3) is 0.571. The molecule has 0 aliphatic heterocycles. The highest BCUT2D eigenvalue weighted by Crippen LogP contribution is 2.37. The van der Waals surface area contributed by atoms with Gasteiger partial charge in [0.15, 0.2) is 0 Å². The summed E-state index contributed by atoms with van der Waals surface area (Å²) >= 11 is 0. The van der Waals surface area contributed by atoms with Crippen molar-refractivity contribution in [2.75, 3.05) is 13.1 Å². The first-order valence-corrected chi connectivity index (χ1v) is 6.62. The Morgan fingerprint density at radius 3 is 2.50 bits per heavy atom. The Bertz CT molecular complexity index is 473. The van der Waals surface area contributed by atoms with Gasteiger partial charge in [-0.1, -0.05) is 6.92 Å². The second-order valence-corrected chi connectivity index (χ2v) is 5.44. The molecule has 1 aliphatic rings. The van der Waals surface area contributed by atoms with E-state index in [0.717, 1.165) is 18.6 Å². The molecule has 0 amide bonds. The number of hydrogen-bond acceptors (Lipinski definition) is 2. The number of nitrogens with one attached hydrogen (secondary N) is 1. The molecular formula is C14H18F4N2. The second kappa shape index (κ2) is 5.69. The minimum Gasteiger partial charge on any atom is -0.329 e. The lowest BCUT2D eigenvalue weighted by Gasteiger charge is -2.19. The van der Waals surface area contributed by atoms with Crippen molar-refractivity contribution in [1.29, 1.82) is 0 Å².